The van der Waals surface area contributed by atoms with Crippen molar-refractivity contribution in [2.24, 2.45) is 0 Å². The van der Waals surface area contributed by atoms with E-state index < -0.39 is 9.84 Å². The zero-order chi connectivity index (χ0) is 23.0. The van der Waals surface area contributed by atoms with Gasteiger partial charge in [-0.3, -0.25) is 4.79 Å². The summed E-state index contributed by atoms with van der Waals surface area (Å²) in [6.07, 6.45) is 2.92. The number of rotatable bonds is 12. The van der Waals surface area contributed by atoms with E-state index in [1.165, 1.54) is 17.4 Å². The number of benzene rings is 1. The first-order valence-electron chi connectivity index (χ1n) is 10.1. The monoisotopic (exact) mass is 461 g/mol. The fraction of sp³-hybridized carbons (Fsp3) is 0.364. The van der Waals surface area contributed by atoms with Gasteiger partial charge in [-0.15, -0.1) is 0 Å². The summed E-state index contributed by atoms with van der Waals surface area (Å²) in [4.78, 5) is 18.6. The number of hydrogen-bond donors (Lipinski definition) is 0. The van der Waals surface area contributed by atoms with Crippen molar-refractivity contribution in [3.8, 4) is 0 Å². The number of sulfone groups is 1. The van der Waals surface area contributed by atoms with E-state index in [2.05, 4.69) is 4.98 Å². The lowest BCUT2D eigenvalue weighted by Gasteiger charge is -2.22. The highest BCUT2D eigenvalue weighted by Gasteiger charge is 2.26. The van der Waals surface area contributed by atoms with Crippen LogP contribution >= 0.6 is 0 Å². The minimum Gasteiger partial charge on any atom is -0.459 e. The molecule has 2 aromatic heterocycles. The van der Waals surface area contributed by atoms with E-state index in [1.54, 1.807) is 55.2 Å². The molecule has 1 aromatic carbocycles. The van der Waals surface area contributed by atoms with Crippen LogP contribution in [-0.4, -0.2) is 62.8 Å². The van der Waals surface area contributed by atoms with Crippen LogP contribution in [0.1, 0.15) is 21.8 Å². The molecule has 0 bridgehead atoms. The summed E-state index contributed by atoms with van der Waals surface area (Å²) in [6.45, 7) is 1.33. The predicted octanol–water partition coefficient (Wildman–Crippen LogP) is 2.39. The molecule has 32 heavy (non-hydrogen) atoms. The Morgan fingerprint density at radius 3 is 2.50 bits per heavy atom. The van der Waals surface area contributed by atoms with Crippen molar-refractivity contribution in [3.63, 3.8) is 0 Å². The number of amides is 1. The van der Waals surface area contributed by atoms with Gasteiger partial charge < -0.3 is 23.4 Å². The number of imidazole rings is 1. The predicted molar refractivity (Wildman–Crippen MR) is 117 cm³/mol. The van der Waals surface area contributed by atoms with Gasteiger partial charge in [0.15, 0.2) is 5.76 Å². The fourth-order valence-corrected chi connectivity index (χ4v) is 4.77. The zero-order valence-electron chi connectivity index (χ0n) is 18.1. The third-order valence-electron chi connectivity index (χ3n) is 4.84. The molecule has 0 fully saturated rings. The molecule has 0 N–H and O–H groups in total. The van der Waals surface area contributed by atoms with Gasteiger partial charge in [0.2, 0.25) is 15.0 Å². The van der Waals surface area contributed by atoms with Crippen LogP contribution in [0.2, 0.25) is 0 Å². The number of ether oxygens (including phenoxy) is 2. The first kappa shape index (κ1) is 23.7. The standard InChI is InChI=1S/C22H27N3O6S/c1-29-13-10-24(21(26)20-9-6-12-31-20)16-19-15-23-22(25(19)11-14-30-2)32(27,28)17-18-7-4-3-5-8-18/h3-9,12,15H,10-11,13-14,16-17H2,1-2H3. The highest BCUT2D eigenvalue weighted by atomic mass is 32.2. The summed E-state index contributed by atoms with van der Waals surface area (Å²) in [5.74, 6) is -0.295. The van der Waals surface area contributed by atoms with Gasteiger partial charge in [0.25, 0.3) is 5.91 Å². The number of aromatic nitrogens is 2. The summed E-state index contributed by atoms with van der Waals surface area (Å²) in [5, 5.41) is -0.0504. The second-order valence-electron chi connectivity index (χ2n) is 7.12. The third-order valence-corrected chi connectivity index (χ3v) is 6.43. The molecule has 0 unspecified atom stereocenters. The Morgan fingerprint density at radius 2 is 1.84 bits per heavy atom. The molecule has 0 spiro atoms. The minimum absolute atomic E-state index is 0.0504. The maximum atomic E-state index is 13.1. The van der Waals surface area contributed by atoms with E-state index in [9.17, 15) is 13.2 Å². The molecule has 0 atom stereocenters. The fourth-order valence-electron chi connectivity index (χ4n) is 3.25. The largest absolute Gasteiger partial charge is 0.459 e. The molecule has 0 radical (unpaired) electrons. The highest BCUT2D eigenvalue weighted by Crippen LogP contribution is 2.19. The average Bonchev–Trinajstić information content (AvgIpc) is 3.45. The van der Waals surface area contributed by atoms with Crippen molar-refractivity contribution in [3.05, 3.63) is 71.9 Å². The van der Waals surface area contributed by atoms with Crippen molar-refractivity contribution in [1.29, 1.82) is 0 Å². The van der Waals surface area contributed by atoms with E-state index >= 15 is 0 Å². The molecule has 1 amide bonds. The molecule has 0 aliphatic carbocycles. The van der Waals surface area contributed by atoms with Crippen LogP contribution in [-0.2, 0) is 38.2 Å². The number of carbonyl (C=O) groups excluding carboxylic acids is 1. The van der Waals surface area contributed by atoms with Gasteiger partial charge in [0, 0.05) is 27.3 Å². The number of nitrogens with zero attached hydrogens (tertiary/aromatic N) is 3. The Kier molecular flexibility index (Phi) is 8.20. The highest BCUT2D eigenvalue weighted by molar-refractivity contribution is 7.90. The Morgan fingerprint density at radius 1 is 1.09 bits per heavy atom. The van der Waals surface area contributed by atoms with Crippen molar-refractivity contribution < 1.29 is 27.1 Å². The second-order valence-corrected chi connectivity index (χ2v) is 9.00. The van der Waals surface area contributed by atoms with Crippen LogP contribution in [0.5, 0.6) is 0 Å². The van der Waals surface area contributed by atoms with Crippen LogP contribution < -0.4 is 0 Å². The van der Waals surface area contributed by atoms with E-state index in [0.717, 1.165) is 0 Å². The Balaban J connectivity index is 1.91. The van der Waals surface area contributed by atoms with Gasteiger partial charge in [-0.2, -0.15) is 0 Å². The quantitative estimate of drug-likeness (QED) is 0.408. The third kappa shape index (κ3) is 5.84. The summed E-state index contributed by atoms with van der Waals surface area (Å²) in [5.41, 5.74) is 1.25. The second kappa shape index (κ2) is 11.1. The topological polar surface area (TPSA) is 104 Å². The molecule has 10 heteroatoms. The first-order chi connectivity index (χ1) is 15.5. The Hall–Kier alpha value is -2.95. The Bertz CT molecular complexity index is 1090. The van der Waals surface area contributed by atoms with Gasteiger partial charge in [-0.05, 0) is 17.7 Å². The number of hydrogen-bond acceptors (Lipinski definition) is 7. The molecule has 3 aromatic rings. The van der Waals surface area contributed by atoms with E-state index in [1.807, 2.05) is 6.07 Å². The lowest BCUT2D eigenvalue weighted by Crippen LogP contribution is -2.34. The summed E-state index contributed by atoms with van der Waals surface area (Å²) < 4.78 is 43.4. The lowest BCUT2D eigenvalue weighted by atomic mass is 10.2. The molecular formula is C22H27N3O6S. The SMILES string of the molecule is COCCN(Cc1cnc(S(=O)(=O)Cc2ccccc2)n1CCOC)C(=O)c1ccco1. The number of methoxy groups -OCH3 is 2. The van der Waals surface area contributed by atoms with Gasteiger partial charge in [-0.25, -0.2) is 13.4 Å². The van der Waals surface area contributed by atoms with E-state index in [-0.39, 0.29) is 35.7 Å². The smallest absolute Gasteiger partial charge is 0.289 e. The summed E-state index contributed by atoms with van der Waals surface area (Å²) in [7, 11) is -0.630. The molecule has 172 valence electrons. The normalized spacial score (nSPS) is 11.6. The Labute approximate surface area is 187 Å². The zero-order valence-corrected chi connectivity index (χ0v) is 19.0. The van der Waals surface area contributed by atoms with E-state index in [4.69, 9.17) is 13.9 Å². The van der Waals surface area contributed by atoms with Crippen molar-refractivity contribution in [2.45, 2.75) is 24.0 Å². The lowest BCUT2D eigenvalue weighted by molar-refractivity contribution is 0.0643. The summed E-state index contributed by atoms with van der Waals surface area (Å²) >= 11 is 0. The average molecular weight is 462 g/mol. The number of carbonyl (C=O) groups is 1. The molecule has 3 rings (SSSR count). The molecular weight excluding hydrogens is 434 g/mol. The van der Waals surface area contributed by atoms with Crippen molar-refractivity contribution >= 4 is 15.7 Å². The van der Waals surface area contributed by atoms with Crippen molar-refractivity contribution in [2.75, 3.05) is 34.0 Å². The maximum Gasteiger partial charge on any atom is 0.289 e. The van der Waals surface area contributed by atoms with Crippen LogP contribution in [0.25, 0.3) is 0 Å². The molecule has 0 saturated carbocycles. The maximum absolute atomic E-state index is 13.1. The van der Waals surface area contributed by atoms with Gasteiger partial charge in [0.1, 0.15) is 0 Å². The summed E-state index contributed by atoms with van der Waals surface area (Å²) in [6, 6.07) is 12.2. The van der Waals surface area contributed by atoms with Crippen LogP contribution in [0.15, 0.2) is 64.5 Å². The van der Waals surface area contributed by atoms with Gasteiger partial charge in [-0.1, -0.05) is 30.3 Å². The minimum atomic E-state index is -3.72. The number of furan rings is 1. The molecule has 0 aliphatic rings. The van der Waals surface area contributed by atoms with E-state index in [0.29, 0.717) is 31.0 Å². The first-order valence-corrected chi connectivity index (χ1v) is 11.7. The molecule has 9 nitrogen and oxygen atoms in total. The molecule has 0 saturated heterocycles. The van der Waals surface area contributed by atoms with Crippen LogP contribution in [0.4, 0.5) is 0 Å². The van der Waals surface area contributed by atoms with Crippen LogP contribution in [0.3, 0.4) is 0 Å². The van der Waals surface area contributed by atoms with Gasteiger partial charge in [0.05, 0.1) is 43.7 Å². The van der Waals surface area contributed by atoms with Gasteiger partial charge >= 0.3 is 0 Å². The molecule has 0 aliphatic heterocycles. The molecule has 2 heterocycles. The van der Waals surface area contributed by atoms with Crippen molar-refractivity contribution in [1.82, 2.24) is 14.5 Å². The van der Waals surface area contributed by atoms with Crippen LogP contribution in [0, 0.1) is 0 Å².